The highest BCUT2D eigenvalue weighted by Crippen LogP contribution is 2.25. The van der Waals surface area contributed by atoms with E-state index in [-0.39, 0.29) is 22.7 Å². The molecule has 152 valence electrons. The van der Waals surface area contributed by atoms with Gasteiger partial charge in [-0.05, 0) is 42.8 Å². The van der Waals surface area contributed by atoms with E-state index in [0.29, 0.717) is 17.8 Å². The fourth-order valence-electron chi connectivity index (χ4n) is 3.35. The van der Waals surface area contributed by atoms with Crippen molar-refractivity contribution in [2.45, 2.75) is 19.8 Å². The molecule has 7 nitrogen and oxygen atoms in total. The monoisotopic (exact) mass is 406 g/mol. The number of carbonyl (C=O) groups is 3. The summed E-state index contributed by atoms with van der Waals surface area (Å²) >= 11 is 0. The third-order valence-corrected chi connectivity index (χ3v) is 4.96. The second-order valence-electron chi connectivity index (χ2n) is 6.97. The molecule has 2 aromatic carbocycles. The van der Waals surface area contributed by atoms with Gasteiger partial charge < -0.3 is 9.88 Å². The number of hydrogen-bond acceptors (Lipinski definition) is 4. The predicted molar refractivity (Wildman–Crippen MR) is 108 cm³/mol. The molecule has 1 aromatic heterocycles. The Hall–Kier alpha value is -3.81. The average Bonchev–Trinajstić information content (AvgIpc) is 3.34. The first-order chi connectivity index (χ1) is 14.5. The number of imide groups is 1. The van der Waals surface area contributed by atoms with Crippen LogP contribution in [-0.2, 0) is 0 Å². The number of nitrogens with one attached hydrogen (secondary N) is 1. The topological polar surface area (TPSA) is 84.3 Å². The maximum Gasteiger partial charge on any atom is 0.261 e. The molecule has 0 bridgehead atoms. The van der Waals surface area contributed by atoms with Crippen LogP contribution in [0, 0.1) is 5.82 Å². The zero-order chi connectivity index (χ0) is 21.3. The fourth-order valence-corrected chi connectivity index (χ4v) is 3.35. The molecule has 30 heavy (non-hydrogen) atoms. The predicted octanol–water partition coefficient (Wildman–Crippen LogP) is 3.66. The second kappa shape index (κ2) is 7.90. The summed E-state index contributed by atoms with van der Waals surface area (Å²) < 4.78 is 15.9. The summed E-state index contributed by atoms with van der Waals surface area (Å²) in [5.74, 6) is -1.76. The molecule has 0 unspecified atom stereocenters. The number of carbonyl (C=O) groups excluding carboxylic acids is 3. The van der Waals surface area contributed by atoms with Crippen LogP contribution in [0.3, 0.4) is 0 Å². The molecule has 0 aliphatic carbocycles. The molecule has 0 saturated carbocycles. The lowest BCUT2D eigenvalue weighted by Gasteiger charge is -2.12. The van der Waals surface area contributed by atoms with Crippen molar-refractivity contribution in [1.29, 1.82) is 0 Å². The van der Waals surface area contributed by atoms with Crippen molar-refractivity contribution in [3.05, 3.63) is 77.6 Å². The number of nitrogens with zero attached hydrogens (tertiary/aromatic N) is 3. The van der Waals surface area contributed by atoms with Crippen molar-refractivity contribution in [2.24, 2.45) is 0 Å². The molecule has 1 N–H and O–H groups in total. The molecule has 2 heterocycles. The number of unbranched alkanes of at least 4 members (excludes halogenated alkanes) is 1. The van der Waals surface area contributed by atoms with E-state index in [0.717, 1.165) is 12.8 Å². The summed E-state index contributed by atoms with van der Waals surface area (Å²) in [6.07, 6.45) is 6.21. The van der Waals surface area contributed by atoms with E-state index in [9.17, 15) is 18.8 Å². The molecule has 0 fully saturated rings. The SMILES string of the molecule is CCCCN1C(=O)c2ccc(C(=O)Nc3ccc(-n4ccnc4)c(F)c3)cc2C1=O. The first-order valence-electron chi connectivity index (χ1n) is 9.59. The van der Waals surface area contributed by atoms with Crippen LogP contribution in [0.2, 0.25) is 0 Å². The van der Waals surface area contributed by atoms with Crippen molar-refractivity contribution < 1.29 is 18.8 Å². The molecule has 0 radical (unpaired) electrons. The van der Waals surface area contributed by atoms with Crippen molar-refractivity contribution in [1.82, 2.24) is 14.5 Å². The van der Waals surface area contributed by atoms with Crippen molar-refractivity contribution in [3.8, 4) is 5.69 Å². The van der Waals surface area contributed by atoms with Crippen LogP contribution in [0.1, 0.15) is 50.8 Å². The van der Waals surface area contributed by atoms with Crippen molar-refractivity contribution in [2.75, 3.05) is 11.9 Å². The van der Waals surface area contributed by atoms with Gasteiger partial charge in [-0.3, -0.25) is 19.3 Å². The van der Waals surface area contributed by atoms with Crippen LogP contribution in [0.5, 0.6) is 0 Å². The molecule has 8 heteroatoms. The van der Waals surface area contributed by atoms with Gasteiger partial charge in [-0.2, -0.15) is 0 Å². The van der Waals surface area contributed by atoms with Gasteiger partial charge in [0.25, 0.3) is 17.7 Å². The molecule has 0 spiro atoms. The van der Waals surface area contributed by atoms with Crippen LogP contribution in [0.4, 0.5) is 10.1 Å². The number of imidazole rings is 1. The van der Waals surface area contributed by atoms with Gasteiger partial charge in [-0.25, -0.2) is 9.37 Å². The van der Waals surface area contributed by atoms with Gasteiger partial charge in [0.15, 0.2) is 0 Å². The summed E-state index contributed by atoms with van der Waals surface area (Å²) in [5.41, 5.74) is 1.30. The van der Waals surface area contributed by atoms with E-state index < -0.39 is 17.6 Å². The lowest BCUT2D eigenvalue weighted by Crippen LogP contribution is -2.30. The van der Waals surface area contributed by atoms with Gasteiger partial charge >= 0.3 is 0 Å². The lowest BCUT2D eigenvalue weighted by molar-refractivity contribution is 0.0652. The Bertz CT molecular complexity index is 1140. The van der Waals surface area contributed by atoms with E-state index in [1.54, 1.807) is 18.5 Å². The van der Waals surface area contributed by atoms with Crippen LogP contribution in [-0.4, -0.2) is 38.7 Å². The number of anilines is 1. The second-order valence-corrected chi connectivity index (χ2v) is 6.97. The van der Waals surface area contributed by atoms with E-state index in [1.165, 1.54) is 46.1 Å². The maximum absolute atomic E-state index is 14.4. The largest absolute Gasteiger partial charge is 0.322 e. The Morgan fingerprint density at radius 1 is 1.10 bits per heavy atom. The summed E-state index contributed by atoms with van der Waals surface area (Å²) in [7, 11) is 0. The highest BCUT2D eigenvalue weighted by Gasteiger charge is 2.35. The minimum atomic E-state index is -0.521. The Morgan fingerprint density at radius 2 is 1.90 bits per heavy atom. The summed E-state index contributed by atoms with van der Waals surface area (Å²) in [6.45, 7) is 2.33. The minimum Gasteiger partial charge on any atom is -0.322 e. The number of hydrogen-bond donors (Lipinski definition) is 1. The fraction of sp³-hybridized carbons (Fsp3) is 0.182. The molecular weight excluding hydrogens is 387 g/mol. The Kier molecular flexibility index (Phi) is 5.14. The van der Waals surface area contributed by atoms with Crippen LogP contribution in [0.25, 0.3) is 5.69 Å². The highest BCUT2D eigenvalue weighted by molar-refractivity contribution is 6.22. The van der Waals surface area contributed by atoms with Gasteiger partial charge in [0.05, 0.1) is 23.1 Å². The molecule has 4 rings (SSSR count). The third-order valence-electron chi connectivity index (χ3n) is 4.96. The average molecular weight is 406 g/mol. The number of halogens is 1. The number of fused-ring (bicyclic) bond motifs is 1. The molecule has 1 aliphatic heterocycles. The zero-order valence-electron chi connectivity index (χ0n) is 16.3. The summed E-state index contributed by atoms with van der Waals surface area (Å²) in [5, 5.41) is 2.62. The van der Waals surface area contributed by atoms with Crippen LogP contribution < -0.4 is 5.32 Å². The van der Waals surface area contributed by atoms with Crippen LogP contribution in [0.15, 0.2) is 55.1 Å². The highest BCUT2D eigenvalue weighted by atomic mass is 19.1. The third kappa shape index (κ3) is 3.47. The molecule has 3 amide bonds. The van der Waals surface area contributed by atoms with Gasteiger partial charge in [0.1, 0.15) is 5.82 Å². The molecule has 0 saturated heterocycles. The summed E-state index contributed by atoms with van der Waals surface area (Å²) in [6, 6.07) is 8.70. The molecule has 3 aromatic rings. The Labute approximate surface area is 172 Å². The molecule has 1 aliphatic rings. The van der Waals surface area contributed by atoms with Crippen molar-refractivity contribution in [3.63, 3.8) is 0 Å². The standard InChI is InChI=1S/C22H19FN4O3/c1-2-3-9-27-21(29)16-6-4-14(11-17(16)22(27)30)20(28)25-15-5-7-19(18(23)12-15)26-10-8-24-13-26/h4-8,10-13H,2-3,9H2,1H3,(H,25,28). The van der Waals surface area contributed by atoms with E-state index in [2.05, 4.69) is 10.3 Å². The van der Waals surface area contributed by atoms with Gasteiger partial charge in [0.2, 0.25) is 0 Å². The quantitative estimate of drug-likeness (QED) is 0.633. The lowest BCUT2D eigenvalue weighted by atomic mass is 10.1. The van der Waals surface area contributed by atoms with E-state index in [1.807, 2.05) is 6.92 Å². The Balaban J connectivity index is 1.53. The smallest absolute Gasteiger partial charge is 0.261 e. The molecule has 0 atom stereocenters. The van der Waals surface area contributed by atoms with Gasteiger partial charge in [0, 0.05) is 30.2 Å². The number of aromatic nitrogens is 2. The Morgan fingerprint density at radius 3 is 2.60 bits per heavy atom. The van der Waals surface area contributed by atoms with Crippen molar-refractivity contribution >= 4 is 23.4 Å². The van der Waals surface area contributed by atoms with E-state index >= 15 is 0 Å². The van der Waals surface area contributed by atoms with Gasteiger partial charge in [-0.1, -0.05) is 13.3 Å². The number of amides is 3. The maximum atomic E-state index is 14.4. The number of benzene rings is 2. The minimum absolute atomic E-state index is 0.213. The summed E-state index contributed by atoms with van der Waals surface area (Å²) in [4.78, 5) is 42.7. The van der Waals surface area contributed by atoms with Gasteiger partial charge in [-0.15, -0.1) is 0 Å². The zero-order valence-corrected chi connectivity index (χ0v) is 16.3. The first kappa shape index (κ1) is 19.5. The van der Waals surface area contributed by atoms with Crippen LogP contribution >= 0.6 is 0 Å². The normalized spacial score (nSPS) is 12.9. The number of rotatable bonds is 6. The molecular formula is C22H19FN4O3. The first-order valence-corrected chi connectivity index (χ1v) is 9.59. The van der Waals surface area contributed by atoms with E-state index in [4.69, 9.17) is 0 Å².